The molecule has 9 heteroatoms. The number of nitrogens with zero attached hydrogens (tertiary/aromatic N) is 4. The molecular formula is C16H21F3N4O2. The molecule has 25 heavy (non-hydrogen) atoms. The van der Waals surface area contributed by atoms with Crippen LogP contribution in [0.25, 0.3) is 0 Å². The third kappa shape index (κ3) is 3.36. The van der Waals surface area contributed by atoms with E-state index in [0.717, 1.165) is 18.9 Å². The normalized spacial score (nSPS) is 24.9. The first-order valence-corrected chi connectivity index (χ1v) is 8.34. The van der Waals surface area contributed by atoms with Crippen LogP contribution in [0.15, 0.2) is 6.07 Å². The van der Waals surface area contributed by atoms with E-state index in [1.54, 1.807) is 16.8 Å². The fourth-order valence-electron chi connectivity index (χ4n) is 3.87. The largest absolute Gasteiger partial charge is 0.433 e. The predicted molar refractivity (Wildman–Crippen MR) is 82.6 cm³/mol. The average molecular weight is 358 g/mol. The standard InChI is InChI=1S/C16H21F3N4O2/c1-21-12-6-7-23(9-10(12)4-3-5-14(21)24)15(25)11-8-13(16(17,18)19)22(2)20-11/h8,10,12H,3-7,9H2,1-2H3/t10-,12+/m0/s1. The zero-order valence-corrected chi connectivity index (χ0v) is 14.2. The summed E-state index contributed by atoms with van der Waals surface area (Å²) < 4.78 is 39.4. The summed E-state index contributed by atoms with van der Waals surface area (Å²) >= 11 is 0. The lowest BCUT2D eigenvalue weighted by Crippen LogP contribution is -2.51. The summed E-state index contributed by atoms with van der Waals surface area (Å²) in [5.74, 6) is -0.213. The van der Waals surface area contributed by atoms with Crippen molar-refractivity contribution in [2.24, 2.45) is 13.0 Å². The number of piperidine rings is 1. The van der Waals surface area contributed by atoms with Gasteiger partial charge in [-0.2, -0.15) is 18.3 Å². The van der Waals surface area contributed by atoms with Gasteiger partial charge in [0.25, 0.3) is 5.91 Å². The number of rotatable bonds is 1. The van der Waals surface area contributed by atoms with Gasteiger partial charge in [-0.1, -0.05) is 0 Å². The van der Waals surface area contributed by atoms with Gasteiger partial charge in [-0.25, -0.2) is 0 Å². The Morgan fingerprint density at radius 2 is 2.00 bits per heavy atom. The summed E-state index contributed by atoms with van der Waals surface area (Å²) in [4.78, 5) is 27.9. The molecule has 3 heterocycles. The highest BCUT2D eigenvalue weighted by Crippen LogP contribution is 2.32. The highest BCUT2D eigenvalue weighted by molar-refractivity contribution is 5.92. The zero-order chi connectivity index (χ0) is 18.4. The second-order valence-electron chi connectivity index (χ2n) is 6.80. The number of aromatic nitrogens is 2. The fraction of sp³-hybridized carbons (Fsp3) is 0.688. The Morgan fingerprint density at radius 1 is 1.28 bits per heavy atom. The van der Waals surface area contributed by atoms with E-state index in [0.29, 0.717) is 30.6 Å². The van der Waals surface area contributed by atoms with Crippen LogP contribution in [0.4, 0.5) is 13.2 Å². The molecule has 1 aromatic rings. The lowest BCUT2D eigenvalue weighted by Gasteiger charge is -2.41. The SMILES string of the molecule is CN1C(=O)CCC[C@H]2CN(C(=O)c3cc(C(F)(F)F)n(C)n3)CC[C@H]21. The van der Waals surface area contributed by atoms with Crippen LogP contribution >= 0.6 is 0 Å². The minimum Gasteiger partial charge on any atom is -0.342 e. The smallest absolute Gasteiger partial charge is 0.342 e. The Labute approximate surface area is 143 Å². The monoisotopic (exact) mass is 358 g/mol. The van der Waals surface area contributed by atoms with E-state index in [1.807, 2.05) is 0 Å². The molecule has 0 unspecified atom stereocenters. The lowest BCUT2D eigenvalue weighted by atomic mass is 9.88. The number of halogens is 3. The van der Waals surface area contributed by atoms with Gasteiger partial charge in [-0.3, -0.25) is 14.3 Å². The Bertz CT molecular complexity index is 685. The van der Waals surface area contributed by atoms with Crippen molar-refractivity contribution in [3.05, 3.63) is 17.5 Å². The summed E-state index contributed by atoms with van der Waals surface area (Å²) in [5, 5.41) is 3.74. The highest BCUT2D eigenvalue weighted by atomic mass is 19.4. The van der Waals surface area contributed by atoms with E-state index < -0.39 is 17.8 Å². The van der Waals surface area contributed by atoms with Crippen LogP contribution < -0.4 is 0 Å². The summed E-state index contributed by atoms with van der Waals surface area (Å²) in [6.45, 7) is 0.856. The van der Waals surface area contributed by atoms with Crippen molar-refractivity contribution >= 4 is 11.8 Å². The predicted octanol–water partition coefficient (Wildman–Crippen LogP) is 1.91. The third-order valence-corrected chi connectivity index (χ3v) is 5.23. The first-order valence-electron chi connectivity index (χ1n) is 8.34. The molecular weight excluding hydrogens is 337 g/mol. The second kappa shape index (κ2) is 6.34. The third-order valence-electron chi connectivity index (χ3n) is 5.23. The molecule has 0 spiro atoms. The Balaban J connectivity index is 1.75. The molecule has 2 fully saturated rings. The average Bonchev–Trinajstić information content (AvgIpc) is 2.89. The van der Waals surface area contributed by atoms with Crippen molar-refractivity contribution in [2.45, 2.75) is 37.9 Å². The van der Waals surface area contributed by atoms with Gasteiger partial charge in [0, 0.05) is 45.7 Å². The van der Waals surface area contributed by atoms with Crippen molar-refractivity contribution in [3.8, 4) is 0 Å². The molecule has 0 aromatic carbocycles. The Morgan fingerprint density at radius 3 is 2.64 bits per heavy atom. The molecule has 0 N–H and O–H groups in total. The van der Waals surface area contributed by atoms with Gasteiger partial charge in [-0.15, -0.1) is 0 Å². The van der Waals surface area contributed by atoms with E-state index in [9.17, 15) is 22.8 Å². The highest BCUT2D eigenvalue weighted by Gasteiger charge is 2.39. The molecule has 6 nitrogen and oxygen atoms in total. The fourth-order valence-corrected chi connectivity index (χ4v) is 3.87. The number of hydrogen-bond acceptors (Lipinski definition) is 3. The second-order valence-corrected chi connectivity index (χ2v) is 6.80. The van der Waals surface area contributed by atoms with E-state index >= 15 is 0 Å². The Kier molecular flexibility index (Phi) is 4.51. The molecule has 3 rings (SSSR count). The number of aryl methyl sites for hydroxylation is 1. The van der Waals surface area contributed by atoms with Crippen molar-refractivity contribution in [1.29, 1.82) is 0 Å². The maximum atomic E-state index is 12.9. The number of carbonyl (C=O) groups excluding carboxylic acids is 2. The zero-order valence-electron chi connectivity index (χ0n) is 14.2. The van der Waals surface area contributed by atoms with Crippen LogP contribution in [0.1, 0.15) is 41.9 Å². The number of alkyl halides is 3. The molecule has 2 aliphatic rings. The molecule has 2 saturated heterocycles. The van der Waals surface area contributed by atoms with E-state index in [4.69, 9.17) is 0 Å². The van der Waals surface area contributed by atoms with E-state index in [2.05, 4.69) is 5.10 Å². The van der Waals surface area contributed by atoms with Crippen LogP contribution in [-0.4, -0.2) is 57.6 Å². The summed E-state index contributed by atoms with van der Waals surface area (Å²) in [6.07, 6.45) is -1.80. The molecule has 2 aliphatic heterocycles. The van der Waals surface area contributed by atoms with E-state index in [1.165, 1.54) is 7.05 Å². The maximum absolute atomic E-state index is 12.9. The molecule has 1 aromatic heterocycles. The first-order chi connectivity index (χ1) is 11.7. The van der Waals surface area contributed by atoms with Crippen molar-refractivity contribution in [3.63, 3.8) is 0 Å². The van der Waals surface area contributed by atoms with Gasteiger partial charge < -0.3 is 9.80 Å². The van der Waals surface area contributed by atoms with Crippen molar-refractivity contribution < 1.29 is 22.8 Å². The maximum Gasteiger partial charge on any atom is 0.433 e. The number of amides is 2. The first kappa shape index (κ1) is 17.8. The van der Waals surface area contributed by atoms with Crippen LogP contribution in [0.2, 0.25) is 0 Å². The molecule has 2 amide bonds. The van der Waals surface area contributed by atoms with Crippen LogP contribution in [0, 0.1) is 5.92 Å². The van der Waals surface area contributed by atoms with Gasteiger partial charge in [0.05, 0.1) is 0 Å². The quantitative estimate of drug-likeness (QED) is 0.771. The van der Waals surface area contributed by atoms with Crippen LogP contribution in [-0.2, 0) is 18.0 Å². The molecule has 0 radical (unpaired) electrons. The molecule has 138 valence electrons. The number of likely N-dealkylation sites (tertiary alicyclic amines) is 2. The minimum atomic E-state index is -4.54. The topological polar surface area (TPSA) is 58.4 Å². The molecule has 0 saturated carbocycles. The van der Waals surface area contributed by atoms with Crippen molar-refractivity contribution in [1.82, 2.24) is 19.6 Å². The number of carbonyl (C=O) groups is 2. The van der Waals surface area contributed by atoms with Gasteiger partial charge in [0.2, 0.25) is 5.91 Å². The Hall–Kier alpha value is -2.06. The molecule has 2 atom stereocenters. The summed E-state index contributed by atoms with van der Waals surface area (Å²) in [7, 11) is 2.97. The van der Waals surface area contributed by atoms with Crippen molar-refractivity contribution in [2.75, 3.05) is 20.1 Å². The minimum absolute atomic E-state index is 0.0912. The lowest BCUT2D eigenvalue weighted by molar-refractivity contribution is -0.143. The number of fused-ring (bicyclic) bond motifs is 1. The molecule has 0 bridgehead atoms. The van der Waals surface area contributed by atoms with Gasteiger partial charge in [0.15, 0.2) is 5.69 Å². The van der Waals surface area contributed by atoms with Gasteiger partial charge in [0.1, 0.15) is 5.69 Å². The summed E-state index contributed by atoms with van der Waals surface area (Å²) in [6, 6.07) is 0.894. The van der Waals surface area contributed by atoms with Crippen LogP contribution in [0.3, 0.4) is 0 Å². The van der Waals surface area contributed by atoms with Crippen LogP contribution in [0.5, 0.6) is 0 Å². The van der Waals surface area contributed by atoms with Gasteiger partial charge in [-0.05, 0) is 25.2 Å². The summed E-state index contributed by atoms with van der Waals surface area (Å²) in [5.41, 5.74) is -1.13. The number of hydrogen-bond donors (Lipinski definition) is 0. The molecule has 0 aliphatic carbocycles. The van der Waals surface area contributed by atoms with Gasteiger partial charge >= 0.3 is 6.18 Å². The van der Waals surface area contributed by atoms with E-state index in [-0.39, 0.29) is 23.6 Å².